The largest absolute Gasteiger partial charge is 0.490 e. The second kappa shape index (κ2) is 8.75. The molecule has 2 aromatic rings. The van der Waals surface area contributed by atoms with Crippen LogP contribution in [0.25, 0.3) is 10.8 Å². The molecule has 0 radical (unpaired) electrons. The molecule has 0 N–H and O–H groups in total. The lowest BCUT2D eigenvalue weighted by atomic mass is 10.0. The minimum Gasteiger partial charge on any atom is -0.490 e. The highest BCUT2D eigenvalue weighted by Crippen LogP contribution is 2.25. The first kappa shape index (κ1) is 19.7. The van der Waals surface area contributed by atoms with E-state index >= 15 is 0 Å². The zero-order valence-electron chi connectivity index (χ0n) is 17.1. The van der Waals surface area contributed by atoms with Crippen LogP contribution in [-0.4, -0.2) is 54.0 Å². The van der Waals surface area contributed by atoms with E-state index in [1.54, 1.807) is 0 Å². The van der Waals surface area contributed by atoms with Crippen molar-refractivity contribution in [2.45, 2.75) is 52.7 Å². The van der Waals surface area contributed by atoms with Gasteiger partial charge in [-0.2, -0.15) is 0 Å². The van der Waals surface area contributed by atoms with Crippen LogP contribution < -0.4 is 4.74 Å². The van der Waals surface area contributed by atoms with E-state index < -0.39 is 0 Å². The van der Waals surface area contributed by atoms with E-state index in [-0.39, 0.29) is 5.91 Å². The van der Waals surface area contributed by atoms with E-state index in [9.17, 15) is 4.79 Å². The lowest BCUT2D eigenvalue weighted by Crippen LogP contribution is -2.41. The zero-order chi connectivity index (χ0) is 19.4. The van der Waals surface area contributed by atoms with E-state index in [2.05, 4.69) is 30.9 Å². The highest BCUT2D eigenvalue weighted by molar-refractivity contribution is 5.98. The van der Waals surface area contributed by atoms with Crippen molar-refractivity contribution >= 4 is 16.7 Å². The summed E-state index contributed by atoms with van der Waals surface area (Å²) >= 11 is 0. The van der Waals surface area contributed by atoms with Crippen LogP contribution in [0.15, 0.2) is 36.4 Å². The van der Waals surface area contributed by atoms with Crippen LogP contribution in [0.5, 0.6) is 5.75 Å². The number of likely N-dealkylation sites (tertiary alicyclic amines) is 1. The number of carbonyl (C=O) groups excluding carboxylic acids is 1. The maximum atomic E-state index is 12.6. The quantitative estimate of drug-likeness (QED) is 0.748. The van der Waals surface area contributed by atoms with Crippen LogP contribution in [0.4, 0.5) is 0 Å². The van der Waals surface area contributed by atoms with Crippen molar-refractivity contribution in [1.29, 1.82) is 0 Å². The Kier molecular flexibility index (Phi) is 6.38. The lowest BCUT2D eigenvalue weighted by molar-refractivity contribution is 0.0773. The molecule has 3 rings (SSSR count). The van der Waals surface area contributed by atoms with Gasteiger partial charge < -0.3 is 14.5 Å². The SMILES string of the molecule is CCN(CC)C(=O)c1ccc2cc(OC3CCN(C(C)C)CC3)ccc2c1. The van der Waals surface area contributed by atoms with E-state index in [1.165, 1.54) is 0 Å². The minimum absolute atomic E-state index is 0.0964. The van der Waals surface area contributed by atoms with Gasteiger partial charge in [0.1, 0.15) is 11.9 Å². The summed E-state index contributed by atoms with van der Waals surface area (Å²) in [5, 5.41) is 2.19. The third kappa shape index (κ3) is 4.62. The summed E-state index contributed by atoms with van der Waals surface area (Å²) in [6.07, 6.45) is 2.45. The minimum atomic E-state index is 0.0964. The molecule has 0 aliphatic carbocycles. The summed E-state index contributed by atoms with van der Waals surface area (Å²) in [5.74, 6) is 1.02. The molecule has 0 spiro atoms. The standard InChI is InChI=1S/C23H32N2O2/c1-5-24(6-2)23(26)20-8-7-19-16-22(10-9-18(19)15-20)27-21-11-13-25(14-12-21)17(3)4/h7-10,15-17,21H,5-6,11-14H2,1-4H3. The van der Waals surface area contributed by atoms with E-state index in [4.69, 9.17) is 4.74 Å². The molecule has 146 valence electrons. The summed E-state index contributed by atoms with van der Waals surface area (Å²) in [7, 11) is 0. The summed E-state index contributed by atoms with van der Waals surface area (Å²) in [5.41, 5.74) is 0.751. The number of amides is 1. The van der Waals surface area contributed by atoms with E-state index in [1.807, 2.05) is 43.0 Å². The molecule has 1 aliphatic heterocycles. The van der Waals surface area contributed by atoms with Gasteiger partial charge >= 0.3 is 0 Å². The van der Waals surface area contributed by atoms with Gasteiger partial charge in [-0.3, -0.25) is 4.79 Å². The third-order valence-corrected chi connectivity index (χ3v) is 5.62. The fraction of sp³-hybridized carbons (Fsp3) is 0.522. The molecule has 1 saturated heterocycles. The molecule has 0 atom stereocenters. The molecular formula is C23H32N2O2. The van der Waals surface area contributed by atoms with Crippen molar-refractivity contribution in [1.82, 2.24) is 9.80 Å². The van der Waals surface area contributed by atoms with E-state index in [0.717, 1.165) is 61.1 Å². The topological polar surface area (TPSA) is 32.8 Å². The van der Waals surface area contributed by atoms with Crippen molar-refractivity contribution in [3.05, 3.63) is 42.0 Å². The Morgan fingerprint density at radius 3 is 2.33 bits per heavy atom. The summed E-state index contributed by atoms with van der Waals surface area (Å²) in [4.78, 5) is 16.9. The average Bonchev–Trinajstić information content (AvgIpc) is 2.69. The van der Waals surface area contributed by atoms with Gasteiger partial charge in [0.25, 0.3) is 5.91 Å². The Labute approximate surface area is 163 Å². The van der Waals surface area contributed by atoms with Crippen molar-refractivity contribution in [3.8, 4) is 5.75 Å². The molecule has 4 heteroatoms. The van der Waals surface area contributed by atoms with Gasteiger partial charge in [0.15, 0.2) is 0 Å². The highest BCUT2D eigenvalue weighted by Gasteiger charge is 2.22. The number of rotatable bonds is 6. The number of carbonyl (C=O) groups is 1. The molecule has 1 amide bonds. The van der Waals surface area contributed by atoms with Crippen molar-refractivity contribution < 1.29 is 9.53 Å². The Balaban J connectivity index is 1.69. The van der Waals surface area contributed by atoms with Gasteiger partial charge in [-0.1, -0.05) is 12.1 Å². The van der Waals surface area contributed by atoms with Gasteiger partial charge in [0.05, 0.1) is 0 Å². The van der Waals surface area contributed by atoms with Crippen molar-refractivity contribution in [3.63, 3.8) is 0 Å². The number of benzene rings is 2. The average molecular weight is 369 g/mol. The number of nitrogens with zero attached hydrogens (tertiary/aromatic N) is 2. The molecule has 2 aromatic carbocycles. The number of hydrogen-bond donors (Lipinski definition) is 0. The lowest BCUT2D eigenvalue weighted by Gasteiger charge is -2.34. The second-order valence-corrected chi connectivity index (χ2v) is 7.65. The first-order valence-electron chi connectivity index (χ1n) is 10.3. The maximum absolute atomic E-state index is 12.6. The molecule has 1 aliphatic rings. The summed E-state index contributed by atoms with van der Waals surface area (Å²) < 4.78 is 6.24. The normalized spacial score (nSPS) is 16.0. The Bertz CT molecular complexity index is 775. The van der Waals surface area contributed by atoms with Crippen LogP contribution in [-0.2, 0) is 0 Å². The first-order chi connectivity index (χ1) is 13.0. The Morgan fingerprint density at radius 2 is 1.70 bits per heavy atom. The van der Waals surface area contributed by atoms with Crippen molar-refractivity contribution in [2.24, 2.45) is 0 Å². The number of hydrogen-bond acceptors (Lipinski definition) is 3. The van der Waals surface area contributed by atoms with Gasteiger partial charge in [0, 0.05) is 37.8 Å². The molecule has 0 aromatic heterocycles. The van der Waals surface area contributed by atoms with Crippen molar-refractivity contribution in [2.75, 3.05) is 26.2 Å². The molecular weight excluding hydrogens is 336 g/mol. The monoisotopic (exact) mass is 368 g/mol. The first-order valence-corrected chi connectivity index (χ1v) is 10.3. The number of ether oxygens (including phenoxy) is 1. The van der Waals surface area contributed by atoms with Gasteiger partial charge in [-0.05, 0) is 75.6 Å². The smallest absolute Gasteiger partial charge is 0.253 e. The molecule has 0 unspecified atom stereocenters. The molecule has 1 heterocycles. The van der Waals surface area contributed by atoms with Gasteiger partial charge in [-0.15, -0.1) is 0 Å². The molecule has 0 saturated carbocycles. The van der Waals surface area contributed by atoms with Gasteiger partial charge in [-0.25, -0.2) is 0 Å². The fourth-order valence-corrected chi connectivity index (χ4v) is 3.83. The summed E-state index contributed by atoms with van der Waals surface area (Å²) in [6.45, 7) is 12.2. The van der Waals surface area contributed by atoms with Gasteiger partial charge in [0.2, 0.25) is 0 Å². The van der Waals surface area contributed by atoms with Crippen LogP contribution in [0.2, 0.25) is 0 Å². The predicted octanol–water partition coefficient (Wildman–Crippen LogP) is 4.57. The molecule has 0 bridgehead atoms. The Morgan fingerprint density at radius 1 is 1.07 bits per heavy atom. The molecule has 27 heavy (non-hydrogen) atoms. The number of fused-ring (bicyclic) bond motifs is 1. The predicted molar refractivity (Wildman–Crippen MR) is 112 cm³/mol. The van der Waals surface area contributed by atoms with Crippen LogP contribution in [0, 0.1) is 0 Å². The third-order valence-electron chi connectivity index (χ3n) is 5.62. The Hall–Kier alpha value is -2.07. The fourth-order valence-electron chi connectivity index (χ4n) is 3.83. The van der Waals surface area contributed by atoms with Crippen LogP contribution in [0.1, 0.15) is 50.9 Å². The maximum Gasteiger partial charge on any atom is 0.253 e. The van der Waals surface area contributed by atoms with E-state index in [0.29, 0.717) is 12.1 Å². The highest BCUT2D eigenvalue weighted by atomic mass is 16.5. The second-order valence-electron chi connectivity index (χ2n) is 7.65. The zero-order valence-corrected chi connectivity index (χ0v) is 17.1. The van der Waals surface area contributed by atoms with Crippen LogP contribution >= 0.6 is 0 Å². The van der Waals surface area contributed by atoms with Crippen LogP contribution in [0.3, 0.4) is 0 Å². The molecule has 4 nitrogen and oxygen atoms in total. The summed E-state index contributed by atoms with van der Waals surface area (Å²) in [6, 6.07) is 12.7. The molecule has 1 fully saturated rings. The number of piperidine rings is 1.